The van der Waals surface area contributed by atoms with Crippen LogP contribution in [0, 0.1) is 6.92 Å². The first-order chi connectivity index (χ1) is 12.5. The van der Waals surface area contributed by atoms with Crippen molar-refractivity contribution in [2.75, 3.05) is 20.2 Å². The van der Waals surface area contributed by atoms with Crippen LogP contribution in [0.25, 0.3) is 5.57 Å². The molecule has 0 spiro atoms. The maximum Gasteiger partial charge on any atom is 0.310 e. The van der Waals surface area contributed by atoms with Crippen molar-refractivity contribution in [1.82, 2.24) is 5.32 Å². The van der Waals surface area contributed by atoms with Gasteiger partial charge in [0, 0.05) is 5.02 Å². The van der Waals surface area contributed by atoms with Gasteiger partial charge in [-0.15, -0.1) is 0 Å². The molecule has 26 heavy (non-hydrogen) atoms. The zero-order valence-electron chi connectivity index (χ0n) is 15.6. The number of ether oxygens (including phenoxy) is 1. The summed E-state index contributed by atoms with van der Waals surface area (Å²) >= 11 is 6.13. The summed E-state index contributed by atoms with van der Waals surface area (Å²) in [6.07, 6.45) is 3.43. The molecule has 138 valence electrons. The minimum absolute atomic E-state index is 0.201. The lowest BCUT2D eigenvalue weighted by molar-refractivity contribution is -0.142. The molecular formula is C22H26ClNO2. The van der Waals surface area contributed by atoms with Gasteiger partial charge in [-0.1, -0.05) is 48.0 Å². The van der Waals surface area contributed by atoms with E-state index >= 15 is 0 Å². The number of hydrogen-bond acceptors (Lipinski definition) is 3. The molecule has 0 saturated carbocycles. The van der Waals surface area contributed by atoms with Crippen LogP contribution in [0.2, 0.25) is 5.02 Å². The summed E-state index contributed by atoms with van der Waals surface area (Å²) in [5, 5.41) is 3.91. The largest absolute Gasteiger partial charge is 0.466 e. The Balaban J connectivity index is 2.39. The first kappa shape index (κ1) is 20.2. The molecule has 3 nitrogen and oxygen atoms in total. The summed E-state index contributed by atoms with van der Waals surface area (Å²) in [4.78, 5) is 11.8. The van der Waals surface area contributed by atoms with Crippen LogP contribution in [0.3, 0.4) is 0 Å². The third kappa shape index (κ3) is 5.72. The lowest BCUT2D eigenvalue weighted by atomic mass is 9.92. The van der Waals surface area contributed by atoms with Crippen molar-refractivity contribution in [3.8, 4) is 0 Å². The van der Waals surface area contributed by atoms with Gasteiger partial charge >= 0.3 is 5.97 Å². The van der Waals surface area contributed by atoms with Gasteiger partial charge < -0.3 is 10.1 Å². The van der Waals surface area contributed by atoms with Gasteiger partial charge in [-0.2, -0.15) is 0 Å². The maximum atomic E-state index is 11.8. The second-order valence-corrected chi connectivity index (χ2v) is 6.59. The summed E-state index contributed by atoms with van der Waals surface area (Å²) in [5.41, 5.74) is 5.48. The Morgan fingerprint density at radius 3 is 2.73 bits per heavy atom. The van der Waals surface area contributed by atoms with Crippen molar-refractivity contribution in [3.05, 3.63) is 75.8 Å². The Morgan fingerprint density at radius 2 is 2.04 bits per heavy atom. The van der Waals surface area contributed by atoms with E-state index in [2.05, 4.69) is 36.5 Å². The summed E-state index contributed by atoms with van der Waals surface area (Å²) in [7, 11) is 1.95. The monoisotopic (exact) mass is 371 g/mol. The number of esters is 1. The van der Waals surface area contributed by atoms with Gasteiger partial charge in [0.1, 0.15) is 0 Å². The smallest absolute Gasteiger partial charge is 0.310 e. The van der Waals surface area contributed by atoms with Crippen LogP contribution in [-0.2, 0) is 16.0 Å². The van der Waals surface area contributed by atoms with E-state index in [0.29, 0.717) is 6.61 Å². The van der Waals surface area contributed by atoms with Gasteiger partial charge in [0.15, 0.2) is 0 Å². The van der Waals surface area contributed by atoms with Crippen LogP contribution in [0.15, 0.2) is 48.5 Å². The Kier molecular flexibility index (Phi) is 7.89. The normalized spacial score (nSPS) is 11.5. The summed E-state index contributed by atoms with van der Waals surface area (Å²) < 4.78 is 5.07. The lowest BCUT2D eigenvalue weighted by Crippen LogP contribution is -2.08. The fourth-order valence-electron chi connectivity index (χ4n) is 2.90. The van der Waals surface area contributed by atoms with Crippen molar-refractivity contribution in [3.63, 3.8) is 0 Å². The number of carbonyl (C=O) groups is 1. The fourth-order valence-corrected chi connectivity index (χ4v) is 3.13. The number of nitrogens with one attached hydrogen (secondary N) is 1. The van der Waals surface area contributed by atoms with Gasteiger partial charge in [-0.25, -0.2) is 0 Å². The molecule has 0 bridgehead atoms. The zero-order valence-corrected chi connectivity index (χ0v) is 16.4. The van der Waals surface area contributed by atoms with Gasteiger partial charge in [0.25, 0.3) is 0 Å². The van der Waals surface area contributed by atoms with Crippen molar-refractivity contribution in [1.29, 1.82) is 0 Å². The van der Waals surface area contributed by atoms with Gasteiger partial charge in [-0.05, 0) is 73.8 Å². The third-order valence-corrected chi connectivity index (χ3v) is 4.35. The fraction of sp³-hybridized carbons (Fsp3) is 0.318. The molecule has 0 atom stereocenters. The predicted octanol–water partition coefficient (Wildman–Crippen LogP) is 4.80. The van der Waals surface area contributed by atoms with Gasteiger partial charge in [0.05, 0.1) is 13.0 Å². The standard InChI is InChI=1S/C22H26ClNO2/c1-4-26-22(25)15-17-7-5-8-18(14-17)21(9-6-12-24-3)20-11-10-19(23)13-16(20)2/h5,7-11,13-14,24H,4,6,12,15H2,1-3H3/b21-9+. The molecule has 0 aliphatic rings. The molecule has 0 aliphatic heterocycles. The molecular weight excluding hydrogens is 346 g/mol. The Bertz CT molecular complexity index is 783. The Morgan fingerprint density at radius 1 is 1.23 bits per heavy atom. The molecule has 0 radical (unpaired) electrons. The molecule has 0 amide bonds. The molecule has 0 unspecified atom stereocenters. The van der Waals surface area contributed by atoms with Crippen LogP contribution in [0.1, 0.15) is 35.6 Å². The first-order valence-corrected chi connectivity index (χ1v) is 9.29. The number of rotatable bonds is 8. The highest BCUT2D eigenvalue weighted by Crippen LogP contribution is 2.29. The molecule has 2 rings (SSSR count). The number of halogens is 1. The highest BCUT2D eigenvalue weighted by atomic mass is 35.5. The molecule has 0 aromatic heterocycles. The second-order valence-electron chi connectivity index (χ2n) is 6.15. The van der Waals surface area contributed by atoms with Crippen molar-refractivity contribution in [2.24, 2.45) is 0 Å². The van der Waals surface area contributed by atoms with Crippen LogP contribution in [-0.4, -0.2) is 26.2 Å². The highest BCUT2D eigenvalue weighted by molar-refractivity contribution is 6.30. The maximum absolute atomic E-state index is 11.8. The third-order valence-electron chi connectivity index (χ3n) is 4.11. The zero-order chi connectivity index (χ0) is 18.9. The topological polar surface area (TPSA) is 38.3 Å². The minimum Gasteiger partial charge on any atom is -0.466 e. The molecule has 0 aliphatic carbocycles. The van der Waals surface area contributed by atoms with E-state index in [9.17, 15) is 4.79 Å². The van der Waals surface area contributed by atoms with E-state index < -0.39 is 0 Å². The van der Waals surface area contributed by atoms with Gasteiger partial charge in [0.2, 0.25) is 0 Å². The highest BCUT2D eigenvalue weighted by Gasteiger charge is 2.11. The summed E-state index contributed by atoms with van der Waals surface area (Å²) in [6, 6.07) is 14.0. The molecule has 0 saturated heterocycles. The average molecular weight is 372 g/mol. The number of carbonyl (C=O) groups excluding carboxylic acids is 1. The van der Waals surface area contributed by atoms with Crippen LogP contribution < -0.4 is 5.32 Å². The molecule has 0 heterocycles. The minimum atomic E-state index is -0.201. The van der Waals surface area contributed by atoms with Crippen molar-refractivity contribution >= 4 is 23.1 Å². The Hall–Kier alpha value is -2.10. The number of hydrogen-bond donors (Lipinski definition) is 1. The predicted molar refractivity (Wildman–Crippen MR) is 109 cm³/mol. The number of benzene rings is 2. The van der Waals surface area contributed by atoms with Crippen LogP contribution in [0.5, 0.6) is 0 Å². The molecule has 2 aromatic rings. The van der Waals surface area contributed by atoms with E-state index in [1.807, 2.05) is 38.2 Å². The van der Waals surface area contributed by atoms with Crippen LogP contribution >= 0.6 is 11.6 Å². The molecule has 2 aromatic carbocycles. The quantitative estimate of drug-likeness (QED) is 0.535. The van der Waals surface area contributed by atoms with E-state index in [0.717, 1.165) is 45.8 Å². The van der Waals surface area contributed by atoms with Crippen LogP contribution in [0.4, 0.5) is 0 Å². The summed E-state index contributed by atoms with van der Waals surface area (Å²) in [5.74, 6) is -0.201. The van der Waals surface area contributed by atoms with Crippen molar-refractivity contribution < 1.29 is 9.53 Å². The second kappa shape index (κ2) is 10.1. The molecule has 1 N–H and O–H groups in total. The van der Waals surface area contributed by atoms with E-state index in [1.165, 1.54) is 0 Å². The Labute approximate surface area is 161 Å². The van der Waals surface area contributed by atoms with Gasteiger partial charge in [-0.3, -0.25) is 4.79 Å². The average Bonchev–Trinajstić information content (AvgIpc) is 2.60. The number of aryl methyl sites for hydroxylation is 1. The van der Waals surface area contributed by atoms with Crippen molar-refractivity contribution in [2.45, 2.75) is 26.7 Å². The van der Waals surface area contributed by atoms with E-state index in [-0.39, 0.29) is 12.4 Å². The summed E-state index contributed by atoms with van der Waals surface area (Å²) in [6.45, 7) is 5.19. The SMILES string of the molecule is CCOC(=O)Cc1cccc(/C(=C\CCNC)c2ccc(Cl)cc2C)c1. The van der Waals surface area contributed by atoms with E-state index in [4.69, 9.17) is 16.3 Å². The molecule has 4 heteroatoms. The lowest BCUT2D eigenvalue weighted by Gasteiger charge is -2.14. The first-order valence-electron chi connectivity index (χ1n) is 8.91. The molecule has 0 fully saturated rings. The van der Waals surface area contributed by atoms with E-state index in [1.54, 1.807) is 0 Å².